The molecule has 1 N–H and O–H groups in total. The van der Waals surface area contributed by atoms with Crippen molar-refractivity contribution in [3.05, 3.63) is 0 Å². The molecule has 0 aliphatic carbocycles. The highest BCUT2D eigenvalue weighted by Crippen LogP contribution is 2.09. The van der Waals surface area contributed by atoms with Crippen molar-refractivity contribution in [3.8, 4) is 0 Å². The first-order chi connectivity index (χ1) is 9.15. The van der Waals surface area contributed by atoms with Gasteiger partial charge in [-0.1, -0.05) is 13.8 Å². The summed E-state index contributed by atoms with van der Waals surface area (Å²) in [7, 11) is 0. The summed E-state index contributed by atoms with van der Waals surface area (Å²) >= 11 is 0. The van der Waals surface area contributed by atoms with Crippen LogP contribution in [-0.2, 0) is 9.53 Å². The molecule has 1 amide bonds. The van der Waals surface area contributed by atoms with Gasteiger partial charge in [-0.15, -0.1) is 0 Å². The molecule has 0 radical (unpaired) electrons. The largest absolute Gasteiger partial charge is 0.375 e. The smallest absolute Gasteiger partial charge is 0.225 e. The van der Waals surface area contributed by atoms with E-state index in [2.05, 4.69) is 24.1 Å². The highest BCUT2D eigenvalue weighted by molar-refractivity contribution is 5.76. The van der Waals surface area contributed by atoms with E-state index in [1.807, 2.05) is 4.90 Å². The van der Waals surface area contributed by atoms with E-state index in [1.54, 1.807) is 0 Å². The number of carbonyl (C=O) groups excluding carboxylic acids is 1. The van der Waals surface area contributed by atoms with Gasteiger partial charge in [0.15, 0.2) is 0 Å². The van der Waals surface area contributed by atoms with Gasteiger partial charge in [0.25, 0.3) is 0 Å². The first-order valence-corrected chi connectivity index (χ1v) is 7.47. The molecule has 0 bridgehead atoms. The van der Waals surface area contributed by atoms with Crippen molar-refractivity contribution in [1.29, 1.82) is 0 Å². The molecule has 2 aliphatic rings. The van der Waals surface area contributed by atoms with Gasteiger partial charge in [0.1, 0.15) is 0 Å². The Labute approximate surface area is 116 Å². The summed E-state index contributed by atoms with van der Waals surface area (Å²) < 4.78 is 5.59. The van der Waals surface area contributed by atoms with Crippen LogP contribution in [0.15, 0.2) is 0 Å². The van der Waals surface area contributed by atoms with Crippen LogP contribution in [-0.4, -0.2) is 74.2 Å². The Morgan fingerprint density at radius 3 is 2.63 bits per heavy atom. The SMILES string of the molecule is CC(C)CN1CCN(C(=O)CC2CNCCO2)CC1. The monoisotopic (exact) mass is 269 g/mol. The molecule has 1 atom stereocenters. The molecule has 2 heterocycles. The lowest BCUT2D eigenvalue weighted by Gasteiger charge is -2.36. The molecular formula is C14H27N3O2. The highest BCUT2D eigenvalue weighted by atomic mass is 16.5. The number of morpholine rings is 1. The molecule has 0 aromatic carbocycles. The molecule has 2 saturated heterocycles. The van der Waals surface area contributed by atoms with Gasteiger partial charge in [0.05, 0.1) is 19.1 Å². The predicted molar refractivity (Wildman–Crippen MR) is 75.1 cm³/mol. The van der Waals surface area contributed by atoms with Crippen LogP contribution in [0.3, 0.4) is 0 Å². The summed E-state index contributed by atoms with van der Waals surface area (Å²) in [6.07, 6.45) is 0.590. The van der Waals surface area contributed by atoms with E-state index in [1.165, 1.54) is 0 Å². The van der Waals surface area contributed by atoms with Crippen molar-refractivity contribution in [3.63, 3.8) is 0 Å². The van der Waals surface area contributed by atoms with Crippen LogP contribution < -0.4 is 5.32 Å². The first-order valence-electron chi connectivity index (χ1n) is 7.47. The average Bonchev–Trinajstić information content (AvgIpc) is 2.40. The molecular weight excluding hydrogens is 242 g/mol. The molecule has 2 aliphatic heterocycles. The second kappa shape index (κ2) is 7.22. The van der Waals surface area contributed by atoms with Crippen LogP contribution in [0.5, 0.6) is 0 Å². The van der Waals surface area contributed by atoms with E-state index in [4.69, 9.17) is 4.74 Å². The minimum Gasteiger partial charge on any atom is -0.375 e. The molecule has 0 saturated carbocycles. The standard InChI is InChI=1S/C14H27N3O2/c1-12(2)11-16-4-6-17(7-5-16)14(18)9-13-10-15-3-8-19-13/h12-13,15H,3-11H2,1-2H3. The topological polar surface area (TPSA) is 44.8 Å². The summed E-state index contributed by atoms with van der Waals surface area (Å²) in [4.78, 5) is 16.6. The summed E-state index contributed by atoms with van der Waals surface area (Å²) in [6, 6.07) is 0. The van der Waals surface area contributed by atoms with Gasteiger partial charge in [0, 0.05) is 45.8 Å². The molecule has 1 unspecified atom stereocenters. The summed E-state index contributed by atoms with van der Waals surface area (Å²) in [5.41, 5.74) is 0. The van der Waals surface area contributed by atoms with Crippen molar-refractivity contribution < 1.29 is 9.53 Å². The van der Waals surface area contributed by atoms with Gasteiger partial charge in [-0.2, -0.15) is 0 Å². The molecule has 5 heteroatoms. The Morgan fingerprint density at radius 1 is 1.32 bits per heavy atom. The summed E-state index contributed by atoms with van der Waals surface area (Å²) in [5, 5.41) is 3.27. The predicted octanol–water partition coefficient (Wildman–Crippen LogP) is 0.165. The minimum absolute atomic E-state index is 0.0648. The van der Waals surface area contributed by atoms with Crippen LogP contribution >= 0.6 is 0 Å². The van der Waals surface area contributed by atoms with Gasteiger partial charge in [0.2, 0.25) is 5.91 Å². The minimum atomic E-state index is 0.0648. The maximum atomic E-state index is 12.2. The zero-order chi connectivity index (χ0) is 13.7. The van der Waals surface area contributed by atoms with E-state index in [-0.39, 0.29) is 12.0 Å². The molecule has 0 aromatic rings. The normalized spacial score (nSPS) is 25.8. The first kappa shape index (κ1) is 14.8. The molecule has 2 fully saturated rings. The second-order valence-corrected chi connectivity index (χ2v) is 5.98. The number of nitrogens with one attached hydrogen (secondary N) is 1. The van der Waals surface area contributed by atoms with E-state index in [9.17, 15) is 4.79 Å². The average molecular weight is 269 g/mol. The summed E-state index contributed by atoms with van der Waals surface area (Å²) in [5.74, 6) is 0.946. The zero-order valence-corrected chi connectivity index (χ0v) is 12.2. The van der Waals surface area contributed by atoms with Gasteiger partial charge < -0.3 is 15.0 Å². The second-order valence-electron chi connectivity index (χ2n) is 5.98. The van der Waals surface area contributed by atoms with Crippen LogP contribution in [0.1, 0.15) is 20.3 Å². The van der Waals surface area contributed by atoms with Crippen LogP contribution in [0.25, 0.3) is 0 Å². The molecule has 0 aromatic heterocycles. The number of piperazine rings is 1. The van der Waals surface area contributed by atoms with Crippen LogP contribution in [0.2, 0.25) is 0 Å². The van der Waals surface area contributed by atoms with Crippen molar-refractivity contribution in [2.45, 2.75) is 26.4 Å². The number of carbonyl (C=O) groups is 1. The molecule has 110 valence electrons. The summed E-state index contributed by atoms with van der Waals surface area (Å²) in [6.45, 7) is 11.8. The molecule has 0 spiro atoms. The number of hydrogen-bond donors (Lipinski definition) is 1. The van der Waals surface area contributed by atoms with Gasteiger partial charge in [-0.05, 0) is 5.92 Å². The Kier molecular flexibility index (Phi) is 5.60. The lowest BCUT2D eigenvalue weighted by molar-refractivity contribution is -0.136. The van der Waals surface area contributed by atoms with Crippen molar-refractivity contribution in [2.24, 2.45) is 5.92 Å². The van der Waals surface area contributed by atoms with E-state index >= 15 is 0 Å². The Morgan fingerprint density at radius 2 is 2.05 bits per heavy atom. The Bertz CT molecular complexity index is 282. The number of ether oxygens (including phenoxy) is 1. The number of nitrogens with zero attached hydrogens (tertiary/aromatic N) is 2. The van der Waals surface area contributed by atoms with Crippen molar-refractivity contribution in [1.82, 2.24) is 15.1 Å². The lowest BCUT2D eigenvalue weighted by Crippen LogP contribution is -2.51. The fourth-order valence-corrected chi connectivity index (χ4v) is 2.77. The van der Waals surface area contributed by atoms with E-state index < -0.39 is 0 Å². The number of hydrogen-bond acceptors (Lipinski definition) is 4. The fraction of sp³-hybridized carbons (Fsp3) is 0.929. The van der Waals surface area contributed by atoms with Crippen molar-refractivity contribution in [2.75, 3.05) is 52.4 Å². The quantitative estimate of drug-likeness (QED) is 0.790. The third kappa shape index (κ3) is 4.75. The van der Waals surface area contributed by atoms with Crippen LogP contribution in [0.4, 0.5) is 0 Å². The number of amides is 1. The Balaban J connectivity index is 1.69. The van der Waals surface area contributed by atoms with Crippen molar-refractivity contribution >= 4 is 5.91 Å². The molecule has 5 nitrogen and oxygen atoms in total. The van der Waals surface area contributed by atoms with E-state index in [0.717, 1.165) is 52.4 Å². The zero-order valence-electron chi connectivity index (χ0n) is 12.2. The third-order valence-electron chi connectivity index (χ3n) is 3.76. The molecule has 19 heavy (non-hydrogen) atoms. The maximum Gasteiger partial charge on any atom is 0.225 e. The van der Waals surface area contributed by atoms with Gasteiger partial charge in [-0.25, -0.2) is 0 Å². The Hall–Kier alpha value is -0.650. The van der Waals surface area contributed by atoms with Gasteiger partial charge in [-0.3, -0.25) is 9.69 Å². The fourth-order valence-electron chi connectivity index (χ4n) is 2.77. The highest BCUT2D eigenvalue weighted by Gasteiger charge is 2.24. The van der Waals surface area contributed by atoms with E-state index in [0.29, 0.717) is 12.3 Å². The van der Waals surface area contributed by atoms with Gasteiger partial charge >= 0.3 is 0 Å². The molecule has 2 rings (SSSR count). The van der Waals surface area contributed by atoms with Crippen LogP contribution in [0, 0.1) is 5.92 Å². The number of rotatable bonds is 4. The maximum absolute atomic E-state index is 12.2. The third-order valence-corrected chi connectivity index (χ3v) is 3.76. The lowest BCUT2D eigenvalue weighted by atomic mass is 10.1.